The molecule has 1 aromatic carbocycles. The minimum absolute atomic E-state index is 0.591. The Kier molecular flexibility index (Phi) is 3.16. The molecule has 98 valence electrons. The van der Waals surface area contributed by atoms with Crippen molar-refractivity contribution in [3.63, 3.8) is 0 Å². The quantitative estimate of drug-likeness (QED) is 0.866. The molecule has 2 nitrogen and oxygen atoms in total. The highest BCUT2D eigenvalue weighted by molar-refractivity contribution is 5.31. The van der Waals surface area contributed by atoms with Crippen molar-refractivity contribution in [3.8, 4) is 0 Å². The maximum absolute atomic E-state index is 10.8. The van der Waals surface area contributed by atoms with Gasteiger partial charge >= 0.3 is 0 Å². The van der Waals surface area contributed by atoms with Crippen molar-refractivity contribution >= 4 is 0 Å². The second kappa shape index (κ2) is 4.67. The highest BCUT2D eigenvalue weighted by Crippen LogP contribution is 2.39. The van der Waals surface area contributed by atoms with E-state index in [0.29, 0.717) is 0 Å². The molecule has 0 amide bonds. The summed E-state index contributed by atoms with van der Waals surface area (Å²) >= 11 is 0. The Hall–Kier alpha value is -0.860. The smallest absolute Gasteiger partial charge is 0.0921 e. The lowest BCUT2D eigenvalue weighted by Gasteiger charge is -2.37. The fourth-order valence-electron chi connectivity index (χ4n) is 3.10. The Bertz CT molecular complexity index is 417. The molecule has 2 aliphatic rings. The summed E-state index contributed by atoms with van der Waals surface area (Å²) in [6, 6.07) is 8.72. The van der Waals surface area contributed by atoms with Crippen LogP contribution in [0.5, 0.6) is 0 Å². The third-order valence-corrected chi connectivity index (χ3v) is 4.81. The first-order chi connectivity index (χ1) is 8.67. The van der Waals surface area contributed by atoms with Gasteiger partial charge in [-0.1, -0.05) is 30.7 Å². The van der Waals surface area contributed by atoms with Crippen molar-refractivity contribution in [2.24, 2.45) is 0 Å². The van der Waals surface area contributed by atoms with Gasteiger partial charge in [0.05, 0.1) is 5.60 Å². The van der Waals surface area contributed by atoms with Gasteiger partial charge in [0.25, 0.3) is 0 Å². The van der Waals surface area contributed by atoms with E-state index in [-0.39, 0.29) is 0 Å². The van der Waals surface area contributed by atoms with Crippen LogP contribution in [0.2, 0.25) is 0 Å². The lowest BCUT2D eigenvalue weighted by Crippen LogP contribution is -2.40. The zero-order valence-corrected chi connectivity index (χ0v) is 11.2. The van der Waals surface area contributed by atoms with Gasteiger partial charge in [0.15, 0.2) is 0 Å². The highest BCUT2D eigenvalue weighted by atomic mass is 16.3. The number of rotatable bonds is 2. The minimum atomic E-state index is -0.591. The first-order valence-electron chi connectivity index (χ1n) is 7.19. The molecule has 2 fully saturated rings. The minimum Gasteiger partial charge on any atom is -0.385 e. The van der Waals surface area contributed by atoms with Gasteiger partial charge in [-0.15, -0.1) is 0 Å². The van der Waals surface area contributed by atoms with Crippen LogP contribution in [0.4, 0.5) is 0 Å². The summed E-state index contributed by atoms with van der Waals surface area (Å²) in [7, 11) is 2.13. The predicted octanol–water partition coefficient (Wildman–Crippen LogP) is 2.87. The number of hydrogen-bond acceptors (Lipinski definition) is 2. The number of piperidine rings is 1. The molecule has 1 saturated heterocycles. The molecule has 1 saturated carbocycles. The molecule has 1 heterocycles. The average molecular weight is 245 g/mol. The molecule has 2 heteroatoms. The predicted molar refractivity (Wildman–Crippen MR) is 73.7 cm³/mol. The van der Waals surface area contributed by atoms with E-state index < -0.39 is 5.60 Å². The molecule has 1 aliphatic carbocycles. The van der Waals surface area contributed by atoms with Crippen molar-refractivity contribution in [1.82, 2.24) is 4.90 Å². The van der Waals surface area contributed by atoms with Gasteiger partial charge in [0.2, 0.25) is 0 Å². The SMILES string of the molecule is CN1CCC(O)(c2cccc(C3CCC3)c2)CC1. The average Bonchev–Trinajstić information content (AvgIpc) is 2.32. The molecule has 18 heavy (non-hydrogen) atoms. The van der Waals surface area contributed by atoms with Crippen molar-refractivity contribution < 1.29 is 5.11 Å². The van der Waals surface area contributed by atoms with Crippen LogP contribution in [-0.4, -0.2) is 30.1 Å². The molecule has 0 aromatic heterocycles. The van der Waals surface area contributed by atoms with Crippen molar-refractivity contribution in [2.45, 2.75) is 43.6 Å². The Morgan fingerprint density at radius 1 is 1.22 bits per heavy atom. The van der Waals surface area contributed by atoms with Gasteiger partial charge < -0.3 is 10.0 Å². The highest BCUT2D eigenvalue weighted by Gasteiger charge is 2.33. The number of benzene rings is 1. The van der Waals surface area contributed by atoms with E-state index in [1.54, 1.807) is 0 Å². The Morgan fingerprint density at radius 2 is 1.94 bits per heavy atom. The topological polar surface area (TPSA) is 23.5 Å². The normalized spacial score (nSPS) is 24.8. The molecular weight excluding hydrogens is 222 g/mol. The van der Waals surface area contributed by atoms with E-state index in [2.05, 4.69) is 36.2 Å². The number of likely N-dealkylation sites (tertiary alicyclic amines) is 1. The summed E-state index contributed by atoms with van der Waals surface area (Å²) in [6.07, 6.45) is 5.73. The fourth-order valence-corrected chi connectivity index (χ4v) is 3.10. The summed E-state index contributed by atoms with van der Waals surface area (Å²) < 4.78 is 0. The van der Waals surface area contributed by atoms with Crippen molar-refractivity contribution in [3.05, 3.63) is 35.4 Å². The van der Waals surface area contributed by atoms with Crippen LogP contribution in [0.15, 0.2) is 24.3 Å². The first kappa shape index (κ1) is 12.2. The van der Waals surface area contributed by atoms with Gasteiger partial charge in [-0.2, -0.15) is 0 Å². The van der Waals surface area contributed by atoms with Crippen LogP contribution < -0.4 is 0 Å². The molecule has 0 bridgehead atoms. The van der Waals surface area contributed by atoms with E-state index in [1.165, 1.54) is 24.8 Å². The van der Waals surface area contributed by atoms with E-state index >= 15 is 0 Å². The molecule has 1 aromatic rings. The summed E-state index contributed by atoms with van der Waals surface area (Å²) in [4.78, 5) is 2.30. The van der Waals surface area contributed by atoms with Crippen molar-refractivity contribution in [1.29, 1.82) is 0 Å². The Morgan fingerprint density at radius 3 is 2.56 bits per heavy atom. The maximum atomic E-state index is 10.8. The van der Waals surface area contributed by atoms with Gasteiger partial charge in [-0.25, -0.2) is 0 Å². The lowest BCUT2D eigenvalue weighted by atomic mass is 9.77. The fraction of sp³-hybridized carbons (Fsp3) is 0.625. The third-order valence-electron chi connectivity index (χ3n) is 4.81. The van der Waals surface area contributed by atoms with Crippen LogP contribution in [0, 0.1) is 0 Å². The second-order valence-corrected chi connectivity index (χ2v) is 6.09. The van der Waals surface area contributed by atoms with Crippen molar-refractivity contribution in [2.75, 3.05) is 20.1 Å². The first-order valence-corrected chi connectivity index (χ1v) is 7.19. The van der Waals surface area contributed by atoms with Crippen LogP contribution in [0.1, 0.15) is 49.1 Å². The molecular formula is C16H23NO. The van der Waals surface area contributed by atoms with Crippen LogP contribution in [0.3, 0.4) is 0 Å². The number of aliphatic hydroxyl groups is 1. The second-order valence-electron chi connectivity index (χ2n) is 6.09. The summed E-state index contributed by atoms with van der Waals surface area (Å²) in [6.45, 7) is 1.98. The maximum Gasteiger partial charge on any atom is 0.0921 e. The largest absolute Gasteiger partial charge is 0.385 e. The van der Waals surface area contributed by atoms with E-state index in [0.717, 1.165) is 37.4 Å². The summed E-state index contributed by atoms with van der Waals surface area (Å²) in [5, 5.41) is 10.8. The zero-order valence-electron chi connectivity index (χ0n) is 11.2. The van der Waals surface area contributed by atoms with Gasteiger partial charge in [0, 0.05) is 13.1 Å². The van der Waals surface area contributed by atoms with E-state index in [4.69, 9.17) is 0 Å². The molecule has 0 spiro atoms. The zero-order chi connectivity index (χ0) is 12.6. The molecule has 3 rings (SSSR count). The number of hydrogen-bond donors (Lipinski definition) is 1. The molecule has 1 aliphatic heterocycles. The van der Waals surface area contributed by atoms with Crippen LogP contribution >= 0.6 is 0 Å². The Labute approximate surface area is 110 Å². The molecule has 0 radical (unpaired) electrons. The lowest BCUT2D eigenvalue weighted by molar-refractivity contribution is -0.0204. The number of nitrogens with zero attached hydrogens (tertiary/aromatic N) is 1. The monoisotopic (exact) mass is 245 g/mol. The van der Waals surface area contributed by atoms with Gasteiger partial charge in [0.1, 0.15) is 0 Å². The molecule has 1 N–H and O–H groups in total. The van der Waals surface area contributed by atoms with Gasteiger partial charge in [-0.3, -0.25) is 0 Å². The Balaban J connectivity index is 1.82. The molecule has 0 unspecified atom stereocenters. The van der Waals surface area contributed by atoms with Crippen LogP contribution in [0.25, 0.3) is 0 Å². The summed E-state index contributed by atoms with van der Waals surface area (Å²) in [5.74, 6) is 0.750. The third kappa shape index (κ3) is 2.19. The standard InChI is InChI=1S/C16H23NO/c1-17-10-8-16(18,9-11-17)15-7-3-6-14(12-15)13-4-2-5-13/h3,6-7,12-13,18H,2,4-5,8-11H2,1H3. The van der Waals surface area contributed by atoms with E-state index in [9.17, 15) is 5.11 Å². The molecule has 0 atom stereocenters. The van der Waals surface area contributed by atoms with Gasteiger partial charge in [-0.05, 0) is 49.8 Å². The summed E-state index contributed by atoms with van der Waals surface area (Å²) in [5.41, 5.74) is 1.98. The van der Waals surface area contributed by atoms with Crippen LogP contribution in [-0.2, 0) is 5.60 Å². The van der Waals surface area contributed by atoms with E-state index in [1.807, 2.05) is 0 Å².